The molecule has 1 aromatic heterocycles. The number of oxazole rings is 1. The molecule has 1 fully saturated rings. The summed E-state index contributed by atoms with van der Waals surface area (Å²) in [6.45, 7) is 6.24. The number of likely N-dealkylation sites (N-methyl/N-ethyl adjacent to an activating group) is 1. The first-order valence-corrected chi connectivity index (χ1v) is 9.86. The van der Waals surface area contributed by atoms with E-state index < -0.39 is 0 Å². The van der Waals surface area contributed by atoms with Crippen molar-refractivity contribution in [3.8, 4) is 11.3 Å². The first-order valence-electron chi connectivity index (χ1n) is 9.48. The van der Waals surface area contributed by atoms with E-state index in [1.165, 1.54) is 0 Å². The molecule has 1 amide bonds. The first-order chi connectivity index (χ1) is 13.1. The summed E-state index contributed by atoms with van der Waals surface area (Å²) in [7, 11) is 2.16. The molecule has 146 valence electrons. The molecule has 2 aromatic rings. The minimum Gasteiger partial charge on any atom is -0.441 e. The van der Waals surface area contributed by atoms with Gasteiger partial charge in [-0.15, -0.1) is 0 Å². The molecule has 0 unspecified atom stereocenters. The van der Waals surface area contributed by atoms with Gasteiger partial charge in [0.2, 0.25) is 5.91 Å². The molecule has 3 rings (SSSR count). The summed E-state index contributed by atoms with van der Waals surface area (Å²) in [6, 6.07) is 7.41. The van der Waals surface area contributed by atoms with E-state index in [0.29, 0.717) is 36.1 Å². The molecule has 27 heavy (non-hydrogen) atoms. The second-order valence-corrected chi connectivity index (χ2v) is 7.41. The molecule has 1 aromatic carbocycles. The zero-order chi connectivity index (χ0) is 19.1. The standard InChI is InChI=1S/C20H27ClN4O2/c1-24-11-13-25(14-12-24)10-2-9-22-19(26)7-8-20-23-15-18(27-20)16-3-5-17(21)6-4-16/h3-6,15H,2,7-14H2,1H3,(H,22,26). The van der Waals surface area contributed by atoms with Crippen LogP contribution >= 0.6 is 11.6 Å². The number of hydrogen-bond acceptors (Lipinski definition) is 5. The highest BCUT2D eigenvalue weighted by Crippen LogP contribution is 2.22. The summed E-state index contributed by atoms with van der Waals surface area (Å²) in [5, 5.41) is 3.67. The highest BCUT2D eigenvalue weighted by atomic mass is 35.5. The molecule has 0 bridgehead atoms. The Labute approximate surface area is 165 Å². The Morgan fingerprint density at radius 2 is 1.96 bits per heavy atom. The molecule has 1 aliphatic heterocycles. The van der Waals surface area contributed by atoms with E-state index in [1.807, 2.05) is 24.3 Å². The summed E-state index contributed by atoms with van der Waals surface area (Å²) in [4.78, 5) is 21.1. The number of benzene rings is 1. The van der Waals surface area contributed by atoms with Crippen molar-refractivity contribution >= 4 is 17.5 Å². The molecule has 7 heteroatoms. The van der Waals surface area contributed by atoms with Crippen molar-refractivity contribution in [1.29, 1.82) is 0 Å². The lowest BCUT2D eigenvalue weighted by Gasteiger charge is -2.32. The van der Waals surface area contributed by atoms with Gasteiger partial charge in [-0.25, -0.2) is 4.98 Å². The van der Waals surface area contributed by atoms with Gasteiger partial charge in [-0.05, 0) is 44.3 Å². The predicted octanol–water partition coefficient (Wildman–Crippen LogP) is 2.68. The van der Waals surface area contributed by atoms with Gasteiger partial charge in [-0.1, -0.05) is 11.6 Å². The van der Waals surface area contributed by atoms with Crippen LogP contribution in [0.5, 0.6) is 0 Å². The SMILES string of the molecule is CN1CCN(CCCNC(=O)CCc2ncc(-c3ccc(Cl)cc3)o2)CC1. The molecule has 6 nitrogen and oxygen atoms in total. The maximum Gasteiger partial charge on any atom is 0.220 e. The van der Waals surface area contributed by atoms with Crippen molar-refractivity contribution in [2.45, 2.75) is 19.3 Å². The third-order valence-electron chi connectivity index (χ3n) is 4.82. The maximum atomic E-state index is 12.0. The lowest BCUT2D eigenvalue weighted by Crippen LogP contribution is -2.45. The van der Waals surface area contributed by atoms with Gasteiger partial charge in [-0.2, -0.15) is 0 Å². The number of rotatable bonds is 8. The average Bonchev–Trinajstić information content (AvgIpc) is 3.14. The minimum absolute atomic E-state index is 0.0413. The van der Waals surface area contributed by atoms with Crippen molar-refractivity contribution < 1.29 is 9.21 Å². The summed E-state index contributed by atoms with van der Waals surface area (Å²) >= 11 is 5.90. The van der Waals surface area contributed by atoms with Crippen molar-refractivity contribution in [3.63, 3.8) is 0 Å². The van der Waals surface area contributed by atoms with Gasteiger partial charge in [0.25, 0.3) is 0 Å². The fourth-order valence-corrected chi connectivity index (χ4v) is 3.21. The van der Waals surface area contributed by atoms with E-state index in [2.05, 4.69) is 27.1 Å². The van der Waals surface area contributed by atoms with Gasteiger partial charge < -0.3 is 19.5 Å². The molecule has 0 aliphatic carbocycles. The summed E-state index contributed by atoms with van der Waals surface area (Å²) in [6.07, 6.45) is 3.55. The first kappa shape index (κ1) is 19.9. The Balaban J connectivity index is 1.33. The van der Waals surface area contributed by atoms with Crippen LogP contribution in [0.1, 0.15) is 18.7 Å². The van der Waals surface area contributed by atoms with E-state index in [-0.39, 0.29) is 5.91 Å². The van der Waals surface area contributed by atoms with Crippen LogP contribution in [-0.2, 0) is 11.2 Å². The van der Waals surface area contributed by atoms with Crippen molar-refractivity contribution in [2.24, 2.45) is 0 Å². The van der Waals surface area contributed by atoms with Crippen LogP contribution in [0, 0.1) is 0 Å². The third-order valence-corrected chi connectivity index (χ3v) is 5.07. The van der Waals surface area contributed by atoms with Crippen LogP contribution < -0.4 is 5.32 Å². The van der Waals surface area contributed by atoms with Gasteiger partial charge >= 0.3 is 0 Å². The van der Waals surface area contributed by atoms with Crippen LogP contribution in [0.2, 0.25) is 5.02 Å². The highest BCUT2D eigenvalue weighted by Gasteiger charge is 2.13. The summed E-state index contributed by atoms with van der Waals surface area (Å²) < 4.78 is 5.73. The van der Waals surface area contributed by atoms with Crippen molar-refractivity contribution in [2.75, 3.05) is 46.3 Å². The van der Waals surface area contributed by atoms with Crippen LogP contribution in [0.3, 0.4) is 0 Å². The van der Waals surface area contributed by atoms with Gasteiger partial charge in [0, 0.05) is 56.2 Å². The number of carbonyl (C=O) groups is 1. The quantitative estimate of drug-likeness (QED) is 0.702. The Morgan fingerprint density at radius 1 is 1.22 bits per heavy atom. The molecule has 0 radical (unpaired) electrons. The fraction of sp³-hybridized carbons (Fsp3) is 0.500. The number of aryl methyl sites for hydroxylation is 1. The van der Waals surface area contributed by atoms with Gasteiger partial charge in [0.15, 0.2) is 11.7 Å². The van der Waals surface area contributed by atoms with Crippen LogP contribution in [0.4, 0.5) is 0 Å². The summed E-state index contributed by atoms with van der Waals surface area (Å²) in [5.41, 5.74) is 0.923. The lowest BCUT2D eigenvalue weighted by atomic mass is 10.2. The molecular formula is C20H27ClN4O2. The van der Waals surface area contributed by atoms with E-state index in [4.69, 9.17) is 16.0 Å². The normalized spacial score (nSPS) is 15.8. The maximum absolute atomic E-state index is 12.0. The summed E-state index contributed by atoms with van der Waals surface area (Å²) in [5.74, 6) is 1.31. The number of hydrogen-bond donors (Lipinski definition) is 1. The Bertz CT molecular complexity index is 724. The average molecular weight is 391 g/mol. The molecule has 0 spiro atoms. The fourth-order valence-electron chi connectivity index (χ4n) is 3.08. The predicted molar refractivity (Wildman–Crippen MR) is 107 cm³/mol. The van der Waals surface area contributed by atoms with Crippen molar-refractivity contribution in [3.05, 3.63) is 41.4 Å². The monoisotopic (exact) mass is 390 g/mol. The number of aromatic nitrogens is 1. The van der Waals surface area contributed by atoms with Crippen molar-refractivity contribution in [1.82, 2.24) is 20.1 Å². The molecule has 0 atom stereocenters. The van der Waals surface area contributed by atoms with Gasteiger partial charge in [-0.3, -0.25) is 4.79 Å². The topological polar surface area (TPSA) is 61.6 Å². The molecule has 2 heterocycles. The number of halogens is 1. The largest absolute Gasteiger partial charge is 0.441 e. The second-order valence-electron chi connectivity index (χ2n) is 6.97. The smallest absolute Gasteiger partial charge is 0.220 e. The number of nitrogens with zero attached hydrogens (tertiary/aromatic N) is 3. The number of carbonyl (C=O) groups excluding carboxylic acids is 1. The second kappa shape index (κ2) is 9.88. The molecule has 1 N–H and O–H groups in total. The van der Waals surface area contributed by atoms with Crippen LogP contribution in [0.25, 0.3) is 11.3 Å². The number of piperazine rings is 1. The van der Waals surface area contributed by atoms with E-state index in [1.54, 1.807) is 6.20 Å². The Kier molecular flexibility index (Phi) is 7.26. The number of amides is 1. The molecular weight excluding hydrogens is 364 g/mol. The van der Waals surface area contributed by atoms with Crippen LogP contribution in [-0.4, -0.2) is 67.0 Å². The molecule has 1 aliphatic rings. The van der Waals surface area contributed by atoms with E-state index in [9.17, 15) is 4.79 Å². The van der Waals surface area contributed by atoms with Gasteiger partial charge in [0.1, 0.15) is 0 Å². The molecule has 0 saturated carbocycles. The van der Waals surface area contributed by atoms with E-state index in [0.717, 1.165) is 44.7 Å². The Morgan fingerprint density at radius 3 is 2.70 bits per heavy atom. The molecule has 1 saturated heterocycles. The number of nitrogens with one attached hydrogen (secondary N) is 1. The highest BCUT2D eigenvalue weighted by molar-refractivity contribution is 6.30. The minimum atomic E-state index is 0.0413. The zero-order valence-electron chi connectivity index (χ0n) is 15.8. The zero-order valence-corrected chi connectivity index (χ0v) is 16.5. The third kappa shape index (κ3) is 6.34. The van der Waals surface area contributed by atoms with Gasteiger partial charge in [0.05, 0.1) is 6.20 Å². The Hall–Kier alpha value is -1.89. The lowest BCUT2D eigenvalue weighted by molar-refractivity contribution is -0.121. The van der Waals surface area contributed by atoms with E-state index >= 15 is 0 Å². The van der Waals surface area contributed by atoms with Crippen LogP contribution in [0.15, 0.2) is 34.9 Å².